The molecule has 0 saturated heterocycles. The van der Waals surface area contributed by atoms with Crippen LogP contribution in [-0.4, -0.2) is 23.1 Å². The summed E-state index contributed by atoms with van der Waals surface area (Å²) in [5.41, 5.74) is 2.26. The van der Waals surface area contributed by atoms with Gasteiger partial charge in [0.1, 0.15) is 0 Å². The molecule has 2 rings (SSSR count). The van der Waals surface area contributed by atoms with E-state index in [-0.39, 0.29) is 0 Å². The van der Waals surface area contributed by atoms with Gasteiger partial charge in [0.2, 0.25) is 5.88 Å². The molecule has 2 aromatic rings. The van der Waals surface area contributed by atoms with Gasteiger partial charge in [-0.1, -0.05) is 37.3 Å². The Labute approximate surface area is 126 Å². The first-order valence-corrected chi connectivity index (χ1v) is 7.57. The summed E-state index contributed by atoms with van der Waals surface area (Å²) in [4.78, 5) is 8.61. The van der Waals surface area contributed by atoms with E-state index in [1.54, 1.807) is 12.4 Å². The van der Waals surface area contributed by atoms with E-state index in [4.69, 9.17) is 4.74 Å². The van der Waals surface area contributed by atoms with Crippen molar-refractivity contribution >= 4 is 0 Å². The number of hydrogen-bond donors (Lipinski definition) is 1. The van der Waals surface area contributed by atoms with Crippen molar-refractivity contribution in [2.75, 3.05) is 13.2 Å². The molecule has 4 heteroatoms. The average Bonchev–Trinajstić information content (AvgIpc) is 2.53. The second-order valence-electron chi connectivity index (χ2n) is 4.96. The number of aryl methyl sites for hydroxylation is 1. The van der Waals surface area contributed by atoms with Crippen LogP contribution in [0.2, 0.25) is 0 Å². The van der Waals surface area contributed by atoms with Gasteiger partial charge in [-0.25, -0.2) is 4.98 Å². The number of rotatable bonds is 9. The van der Waals surface area contributed by atoms with Gasteiger partial charge in [0.25, 0.3) is 0 Å². The molecule has 1 N–H and O–H groups in total. The summed E-state index contributed by atoms with van der Waals surface area (Å²) >= 11 is 0. The minimum Gasteiger partial charge on any atom is -0.477 e. The van der Waals surface area contributed by atoms with Crippen LogP contribution in [0.1, 0.15) is 31.0 Å². The van der Waals surface area contributed by atoms with Crippen LogP contribution in [0.5, 0.6) is 5.88 Å². The molecule has 1 aromatic carbocycles. The molecule has 4 nitrogen and oxygen atoms in total. The number of benzene rings is 1. The van der Waals surface area contributed by atoms with Crippen LogP contribution in [0.3, 0.4) is 0 Å². The average molecular weight is 285 g/mol. The Morgan fingerprint density at radius 3 is 2.81 bits per heavy atom. The molecule has 21 heavy (non-hydrogen) atoms. The van der Waals surface area contributed by atoms with E-state index in [1.165, 1.54) is 5.56 Å². The van der Waals surface area contributed by atoms with E-state index in [1.807, 2.05) is 6.07 Å². The van der Waals surface area contributed by atoms with E-state index in [0.717, 1.165) is 38.0 Å². The maximum Gasteiger partial charge on any atom is 0.232 e. The SMILES string of the molecule is CCCNCc1cncc(OCCCc2ccccc2)n1. The zero-order chi connectivity index (χ0) is 14.8. The molecule has 0 aliphatic heterocycles. The fourth-order valence-corrected chi connectivity index (χ4v) is 2.03. The van der Waals surface area contributed by atoms with Gasteiger partial charge in [0.05, 0.1) is 18.5 Å². The summed E-state index contributed by atoms with van der Waals surface area (Å²) in [6.07, 6.45) is 6.56. The molecule has 0 atom stereocenters. The zero-order valence-electron chi connectivity index (χ0n) is 12.6. The smallest absolute Gasteiger partial charge is 0.232 e. The van der Waals surface area contributed by atoms with Crippen LogP contribution in [0.4, 0.5) is 0 Å². The highest BCUT2D eigenvalue weighted by molar-refractivity contribution is 5.14. The maximum atomic E-state index is 5.67. The molecule has 0 unspecified atom stereocenters. The molecular formula is C17H23N3O. The molecule has 0 aliphatic rings. The largest absolute Gasteiger partial charge is 0.477 e. The quantitative estimate of drug-likeness (QED) is 0.720. The van der Waals surface area contributed by atoms with Gasteiger partial charge in [0.15, 0.2) is 0 Å². The van der Waals surface area contributed by atoms with Gasteiger partial charge < -0.3 is 10.1 Å². The minimum atomic E-state index is 0.610. The third kappa shape index (κ3) is 5.92. The summed E-state index contributed by atoms with van der Waals surface area (Å²) in [7, 11) is 0. The van der Waals surface area contributed by atoms with Gasteiger partial charge in [-0.05, 0) is 31.4 Å². The monoisotopic (exact) mass is 285 g/mol. The summed E-state index contributed by atoms with van der Waals surface area (Å²) in [6, 6.07) is 10.4. The lowest BCUT2D eigenvalue weighted by atomic mass is 10.1. The van der Waals surface area contributed by atoms with Crippen LogP contribution in [-0.2, 0) is 13.0 Å². The van der Waals surface area contributed by atoms with Crippen molar-refractivity contribution in [3.63, 3.8) is 0 Å². The first-order valence-electron chi connectivity index (χ1n) is 7.57. The fourth-order valence-electron chi connectivity index (χ4n) is 2.03. The van der Waals surface area contributed by atoms with E-state index in [9.17, 15) is 0 Å². The zero-order valence-corrected chi connectivity index (χ0v) is 12.6. The Balaban J connectivity index is 1.71. The highest BCUT2D eigenvalue weighted by Gasteiger charge is 2.00. The predicted octanol–water partition coefficient (Wildman–Crippen LogP) is 2.99. The Morgan fingerprint density at radius 1 is 1.14 bits per heavy atom. The third-order valence-electron chi connectivity index (χ3n) is 3.10. The molecule has 0 bridgehead atoms. The van der Waals surface area contributed by atoms with Crippen molar-refractivity contribution in [3.05, 3.63) is 54.0 Å². The standard InChI is InChI=1S/C17H23N3O/c1-2-10-18-12-16-13-19-14-17(20-16)21-11-6-9-15-7-4-3-5-8-15/h3-5,7-8,13-14,18H,2,6,9-12H2,1H3. The van der Waals surface area contributed by atoms with Crippen LogP contribution in [0.25, 0.3) is 0 Å². The van der Waals surface area contributed by atoms with Gasteiger partial charge in [-0.15, -0.1) is 0 Å². The molecular weight excluding hydrogens is 262 g/mol. The first-order chi connectivity index (χ1) is 10.4. The summed E-state index contributed by atoms with van der Waals surface area (Å²) in [5.74, 6) is 0.610. The summed E-state index contributed by atoms with van der Waals surface area (Å²) in [6.45, 7) is 4.53. The number of ether oxygens (including phenoxy) is 1. The van der Waals surface area contributed by atoms with Gasteiger partial charge >= 0.3 is 0 Å². The Bertz CT molecular complexity index is 516. The Kier molecular flexibility index (Phi) is 6.68. The van der Waals surface area contributed by atoms with Crippen molar-refractivity contribution in [1.82, 2.24) is 15.3 Å². The molecule has 0 spiro atoms. The first kappa shape index (κ1) is 15.4. The molecule has 1 aromatic heterocycles. The number of nitrogens with zero attached hydrogens (tertiary/aromatic N) is 2. The highest BCUT2D eigenvalue weighted by atomic mass is 16.5. The lowest BCUT2D eigenvalue weighted by Crippen LogP contribution is -2.15. The van der Waals surface area contributed by atoms with Crippen molar-refractivity contribution in [2.24, 2.45) is 0 Å². The second-order valence-corrected chi connectivity index (χ2v) is 4.96. The lowest BCUT2D eigenvalue weighted by Gasteiger charge is -2.07. The van der Waals surface area contributed by atoms with E-state index in [0.29, 0.717) is 12.5 Å². The van der Waals surface area contributed by atoms with Crippen LogP contribution in [0.15, 0.2) is 42.7 Å². The van der Waals surface area contributed by atoms with Crippen molar-refractivity contribution in [3.8, 4) is 5.88 Å². The molecule has 0 radical (unpaired) electrons. The predicted molar refractivity (Wildman–Crippen MR) is 84.3 cm³/mol. The third-order valence-corrected chi connectivity index (χ3v) is 3.10. The Hall–Kier alpha value is -1.94. The molecule has 0 fully saturated rings. The van der Waals surface area contributed by atoms with E-state index < -0.39 is 0 Å². The summed E-state index contributed by atoms with van der Waals surface area (Å²) < 4.78 is 5.67. The van der Waals surface area contributed by atoms with Crippen LogP contribution >= 0.6 is 0 Å². The number of nitrogens with one attached hydrogen (secondary N) is 1. The topological polar surface area (TPSA) is 47.0 Å². The second kappa shape index (κ2) is 9.08. The Morgan fingerprint density at radius 2 is 2.00 bits per heavy atom. The highest BCUT2D eigenvalue weighted by Crippen LogP contribution is 2.07. The van der Waals surface area contributed by atoms with Crippen molar-refractivity contribution in [2.45, 2.75) is 32.7 Å². The molecule has 0 saturated carbocycles. The molecule has 0 amide bonds. The van der Waals surface area contributed by atoms with Gasteiger partial charge in [-0.3, -0.25) is 4.98 Å². The number of hydrogen-bond acceptors (Lipinski definition) is 4. The van der Waals surface area contributed by atoms with Crippen LogP contribution < -0.4 is 10.1 Å². The minimum absolute atomic E-state index is 0.610. The normalized spacial score (nSPS) is 10.5. The molecule has 0 aliphatic carbocycles. The van der Waals surface area contributed by atoms with Gasteiger partial charge in [-0.2, -0.15) is 0 Å². The fraction of sp³-hybridized carbons (Fsp3) is 0.412. The van der Waals surface area contributed by atoms with E-state index in [2.05, 4.69) is 46.5 Å². The number of aromatic nitrogens is 2. The maximum absolute atomic E-state index is 5.67. The summed E-state index contributed by atoms with van der Waals surface area (Å²) in [5, 5.41) is 3.31. The van der Waals surface area contributed by atoms with Crippen LogP contribution in [0, 0.1) is 0 Å². The van der Waals surface area contributed by atoms with Crippen molar-refractivity contribution in [1.29, 1.82) is 0 Å². The lowest BCUT2D eigenvalue weighted by molar-refractivity contribution is 0.296. The van der Waals surface area contributed by atoms with Crippen molar-refractivity contribution < 1.29 is 4.74 Å². The molecule has 112 valence electrons. The van der Waals surface area contributed by atoms with E-state index >= 15 is 0 Å². The molecule has 1 heterocycles. The van der Waals surface area contributed by atoms with Gasteiger partial charge in [0, 0.05) is 12.7 Å².